The number of amides is 1. The smallest absolute Gasteiger partial charge is 0.335 e. The highest BCUT2D eigenvalue weighted by Crippen LogP contribution is 2.07. The maximum atomic E-state index is 11.8. The van der Waals surface area contributed by atoms with E-state index >= 15 is 0 Å². The van der Waals surface area contributed by atoms with Gasteiger partial charge in [0.2, 0.25) is 11.8 Å². The quantitative estimate of drug-likeness (QED) is 0.685. The number of aromatic nitrogens is 2. The molecule has 1 aromatic heterocycles. The number of carbonyl (C=O) groups excluding carboxylic acids is 1. The number of carboxylic acid groups (broad SMARTS) is 1. The van der Waals surface area contributed by atoms with Gasteiger partial charge in [-0.15, -0.1) is 0 Å². The van der Waals surface area contributed by atoms with Crippen LogP contribution in [0.1, 0.15) is 53.8 Å². The van der Waals surface area contributed by atoms with Crippen molar-refractivity contribution in [1.82, 2.24) is 15.5 Å². The standard InChI is InChI=1S/C18H23N3O4/c1-2-5-15-20-17(25-21-15)9-4-8-16(22)19-11-10-13-6-3-7-14(12-13)18(23)24/h3,6-7,12H,2,4-5,8-11H2,1H3,(H,19,22)(H,23,24). The molecule has 134 valence electrons. The number of hydrogen-bond acceptors (Lipinski definition) is 5. The second-order valence-electron chi connectivity index (χ2n) is 5.81. The van der Waals surface area contributed by atoms with Crippen molar-refractivity contribution >= 4 is 11.9 Å². The van der Waals surface area contributed by atoms with Gasteiger partial charge in [0, 0.05) is 25.8 Å². The average molecular weight is 345 g/mol. The predicted molar refractivity (Wildman–Crippen MR) is 91.3 cm³/mol. The van der Waals surface area contributed by atoms with Gasteiger partial charge in [-0.25, -0.2) is 4.79 Å². The normalized spacial score (nSPS) is 10.6. The summed E-state index contributed by atoms with van der Waals surface area (Å²) in [6.45, 7) is 2.53. The predicted octanol–water partition coefficient (Wildman–Crippen LogP) is 2.40. The molecule has 0 fully saturated rings. The molecule has 25 heavy (non-hydrogen) atoms. The Morgan fingerprint density at radius 3 is 2.84 bits per heavy atom. The third-order valence-electron chi connectivity index (χ3n) is 3.69. The lowest BCUT2D eigenvalue weighted by atomic mass is 10.1. The van der Waals surface area contributed by atoms with E-state index in [4.69, 9.17) is 9.63 Å². The lowest BCUT2D eigenvalue weighted by molar-refractivity contribution is -0.121. The zero-order valence-corrected chi connectivity index (χ0v) is 14.3. The summed E-state index contributed by atoms with van der Waals surface area (Å²) in [5.41, 5.74) is 1.14. The van der Waals surface area contributed by atoms with Crippen LogP contribution in [0, 0.1) is 0 Å². The van der Waals surface area contributed by atoms with Gasteiger partial charge >= 0.3 is 5.97 Å². The molecule has 2 rings (SSSR count). The van der Waals surface area contributed by atoms with Crippen molar-refractivity contribution in [3.05, 3.63) is 47.1 Å². The van der Waals surface area contributed by atoms with Crippen molar-refractivity contribution in [1.29, 1.82) is 0 Å². The Morgan fingerprint density at radius 1 is 1.24 bits per heavy atom. The first-order valence-electron chi connectivity index (χ1n) is 8.49. The van der Waals surface area contributed by atoms with Gasteiger partial charge in [-0.3, -0.25) is 4.79 Å². The number of nitrogens with zero attached hydrogens (tertiary/aromatic N) is 2. The van der Waals surface area contributed by atoms with Crippen LogP contribution < -0.4 is 5.32 Å². The van der Waals surface area contributed by atoms with Crippen LogP contribution in [0.5, 0.6) is 0 Å². The van der Waals surface area contributed by atoms with E-state index in [9.17, 15) is 9.59 Å². The molecule has 1 amide bonds. The van der Waals surface area contributed by atoms with E-state index < -0.39 is 5.97 Å². The molecule has 0 aliphatic carbocycles. The molecule has 1 heterocycles. The minimum absolute atomic E-state index is 0.0392. The average Bonchev–Trinajstić information content (AvgIpc) is 3.03. The van der Waals surface area contributed by atoms with E-state index in [-0.39, 0.29) is 11.5 Å². The molecule has 0 spiro atoms. The molecule has 0 saturated carbocycles. The van der Waals surface area contributed by atoms with Gasteiger partial charge in [-0.1, -0.05) is 24.2 Å². The highest BCUT2D eigenvalue weighted by Gasteiger charge is 2.08. The van der Waals surface area contributed by atoms with Gasteiger partial charge in [0.1, 0.15) is 0 Å². The molecule has 2 N–H and O–H groups in total. The number of rotatable bonds is 10. The molecular formula is C18H23N3O4. The summed E-state index contributed by atoms with van der Waals surface area (Å²) in [6, 6.07) is 6.73. The highest BCUT2D eigenvalue weighted by atomic mass is 16.5. The van der Waals surface area contributed by atoms with E-state index in [0.717, 1.165) is 18.4 Å². The van der Waals surface area contributed by atoms with Crippen LogP contribution >= 0.6 is 0 Å². The van der Waals surface area contributed by atoms with Crippen molar-refractivity contribution in [2.24, 2.45) is 0 Å². The molecule has 2 aromatic rings. The van der Waals surface area contributed by atoms with Crippen molar-refractivity contribution in [2.45, 2.75) is 45.4 Å². The number of hydrogen-bond donors (Lipinski definition) is 2. The van der Waals surface area contributed by atoms with Gasteiger partial charge in [0.05, 0.1) is 5.56 Å². The molecule has 7 heteroatoms. The number of aromatic carboxylic acids is 1. The first kappa shape index (κ1) is 18.6. The van der Waals surface area contributed by atoms with Crippen molar-refractivity contribution in [3.63, 3.8) is 0 Å². The number of carbonyl (C=O) groups is 2. The Balaban J connectivity index is 1.65. The Labute approximate surface area is 146 Å². The summed E-state index contributed by atoms with van der Waals surface area (Å²) in [7, 11) is 0. The van der Waals surface area contributed by atoms with Crippen LogP contribution in [0.25, 0.3) is 0 Å². The van der Waals surface area contributed by atoms with E-state index in [2.05, 4.69) is 22.4 Å². The van der Waals surface area contributed by atoms with Crippen molar-refractivity contribution in [2.75, 3.05) is 6.54 Å². The second kappa shape index (κ2) is 9.56. The summed E-state index contributed by atoms with van der Waals surface area (Å²) < 4.78 is 5.13. The summed E-state index contributed by atoms with van der Waals surface area (Å²) in [4.78, 5) is 27.0. The fourth-order valence-corrected chi connectivity index (χ4v) is 2.41. The largest absolute Gasteiger partial charge is 0.478 e. The monoisotopic (exact) mass is 345 g/mol. The Bertz CT molecular complexity index is 712. The van der Waals surface area contributed by atoms with Crippen LogP contribution in [-0.4, -0.2) is 33.7 Å². The number of benzene rings is 1. The summed E-state index contributed by atoms with van der Waals surface area (Å²) >= 11 is 0. The SMILES string of the molecule is CCCc1noc(CCCC(=O)NCCc2cccc(C(=O)O)c2)n1. The lowest BCUT2D eigenvalue weighted by Crippen LogP contribution is -2.25. The fourth-order valence-electron chi connectivity index (χ4n) is 2.41. The van der Waals surface area contributed by atoms with Gasteiger partial charge in [0.15, 0.2) is 5.82 Å². The van der Waals surface area contributed by atoms with Gasteiger partial charge < -0.3 is 14.9 Å². The Morgan fingerprint density at radius 2 is 2.08 bits per heavy atom. The molecule has 0 radical (unpaired) electrons. The number of aryl methyl sites for hydroxylation is 2. The van der Waals surface area contributed by atoms with E-state index in [1.807, 2.05) is 6.07 Å². The van der Waals surface area contributed by atoms with Gasteiger partial charge in [-0.05, 0) is 37.0 Å². The van der Waals surface area contributed by atoms with Crippen molar-refractivity contribution in [3.8, 4) is 0 Å². The molecule has 0 bridgehead atoms. The van der Waals surface area contributed by atoms with Crippen LogP contribution in [0.4, 0.5) is 0 Å². The van der Waals surface area contributed by atoms with Crippen LogP contribution in [0.15, 0.2) is 28.8 Å². The Kier molecular flexibility index (Phi) is 7.13. The van der Waals surface area contributed by atoms with Crippen molar-refractivity contribution < 1.29 is 19.2 Å². The molecule has 0 saturated heterocycles. The minimum Gasteiger partial charge on any atom is -0.478 e. The van der Waals surface area contributed by atoms with Crippen LogP contribution in [0.2, 0.25) is 0 Å². The zero-order chi connectivity index (χ0) is 18.1. The maximum absolute atomic E-state index is 11.8. The Hall–Kier alpha value is -2.70. The third-order valence-corrected chi connectivity index (χ3v) is 3.69. The minimum atomic E-state index is -0.950. The zero-order valence-electron chi connectivity index (χ0n) is 14.3. The molecule has 7 nitrogen and oxygen atoms in total. The van der Waals surface area contributed by atoms with Crippen LogP contribution in [-0.2, 0) is 24.1 Å². The molecule has 0 aliphatic rings. The van der Waals surface area contributed by atoms with Gasteiger partial charge in [-0.2, -0.15) is 4.98 Å². The summed E-state index contributed by atoms with van der Waals surface area (Å²) in [5, 5.41) is 15.7. The fraction of sp³-hybridized carbons (Fsp3) is 0.444. The first-order chi connectivity index (χ1) is 12.1. The van der Waals surface area contributed by atoms with Gasteiger partial charge in [0.25, 0.3) is 0 Å². The summed E-state index contributed by atoms with van der Waals surface area (Å²) in [6.07, 6.45) is 3.99. The molecule has 0 aliphatic heterocycles. The molecule has 0 atom stereocenters. The van der Waals surface area contributed by atoms with E-state index in [1.165, 1.54) is 0 Å². The number of carboxylic acids is 1. The summed E-state index contributed by atoms with van der Waals surface area (Å²) in [5.74, 6) is 0.295. The maximum Gasteiger partial charge on any atom is 0.335 e. The molecule has 1 aromatic carbocycles. The van der Waals surface area contributed by atoms with E-state index in [1.54, 1.807) is 18.2 Å². The number of nitrogens with one attached hydrogen (secondary N) is 1. The molecule has 0 unspecified atom stereocenters. The van der Waals surface area contributed by atoms with E-state index in [0.29, 0.717) is 43.9 Å². The molecular weight excluding hydrogens is 322 g/mol. The van der Waals surface area contributed by atoms with Crippen LogP contribution in [0.3, 0.4) is 0 Å². The lowest BCUT2D eigenvalue weighted by Gasteiger charge is -2.05. The third kappa shape index (κ3) is 6.37. The highest BCUT2D eigenvalue weighted by molar-refractivity contribution is 5.87. The topological polar surface area (TPSA) is 105 Å². The second-order valence-corrected chi connectivity index (χ2v) is 5.81. The first-order valence-corrected chi connectivity index (χ1v) is 8.49.